The fourth-order valence-electron chi connectivity index (χ4n) is 1.91. The Morgan fingerprint density at radius 2 is 2.05 bits per heavy atom. The molecule has 0 spiro atoms. The van der Waals surface area contributed by atoms with Gasteiger partial charge in [-0.05, 0) is 31.5 Å². The highest BCUT2D eigenvalue weighted by molar-refractivity contribution is 5.92. The van der Waals surface area contributed by atoms with E-state index in [2.05, 4.69) is 10.5 Å². The van der Waals surface area contributed by atoms with Crippen LogP contribution in [0, 0.1) is 19.7 Å². The van der Waals surface area contributed by atoms with Crippen LogP contribution in [0.4, 0.5) is 10.1 Å². The van der Waals surface area contributed by atoms with Crippen molar-refractivity contribution in [1.29, 1.82) is 0 Å². The molecular weight excluding hydrogens is 283 g/mol. The minimum absolute atomic E-state index is 0.238. The summed E-state index contributed by atoms with van der Waals surface area (Å²) in [5.41, 5.74) is 3.14. The van der Waals surface area contributed by atoms with Crippen molar-refractivity contribution in [1.82, 2.24) is 0 Å². The van der Waals surface area contributed by atoms with Gasteiger partial charge in [0.1, 0.15) is 5.82 Å². The summed E-state index contributed by atoms with van der Waals surface area (Å²) in [6.07, 6.45) is 1.24. The summed E-state index contributed by atoms with van der Waals surface area (Å²) in [7, 11) is 0. The van der Waals surface area contributed by atoms with Crippen LogP contribution in [0.5, 0.6) is 0 Å². The van der Waals surface area contributed by atoms with Gasteiger partial charge in [0.2, 0.25) is 0 Å². The quantitative estimate of drug-likeness (QED) is 0.679. The van der Waals surface area contributed by atoms with Crippen molar-refractivity contribution >= 4 is 17.8 Å². The normalized spacial score (nSPS) is 10.7. The van der Waals surface area contributed by atoms with Crippen LogP contribution in [0.25, 0.3) is 0 Å². The van der Waals surface area contributed by atoms with Crippen molar-refractivity contribution in [3.8, 4) is 0 Å². The molecule has 0 bridgehead atoms. The van der Waals surface area contributed by atoms with Gasteiger partial charge in [-0.3, -0.25) is 4.79 Å². The molecule has 5 heteroatoms. The van der Waals surface area contributed by atoms with Gasteiger partial charge in [-0.25, -0.2) is 4.39 Å². The predicted octanol–water partition coefficient (Wildman–Crippen LogP) is 3.43. The summed E-state index contributed by atoms with van der Waals surface area (Å²) in [5.74, 6) is -0.716. The van der Waals surface area contributed by atoms with Gasteiger partial charge in [0.05, 0.1) is 6.21 Å². The Morgan fingerprint density at radius 3 is 2.77 bits per heavy atom. The number of amides is 1. The summed E-state index contributed by atoms with van der Waals surface area (Å²) < 4.78 is 13.3. The topological polar surface area (TPSA) is 50.7 Å². The lowest BCUT2D eigenvalue weighted by Gasteiger charge is -2.08. The van der Waals surface area contributed by atoms with E-state index in [-0.39, 0.29) is 12.5 Å². The van der Waals surface area contributed by atoms with Gasteiger partial charge in [0.25, 0.3) is 5.91 Å². The van der Waals surface area contributed by atoms with Crippen LogP contribution in [-0.2, 0) is 9.63 Å². The molecule has 114 valence electrons. The average Bonchev–Trinajstić information content (AvgIpc) is 2.48. The number of nitrogens with zero attached hydrogens (tertiary/aromatic N) is 1. The Morgan fingerprint density at radius 1 is 1.27 bits per heavy atom. The maximum atomic E-state index is 13.3. The van der Waals surface area contributed by atoms with Crippen molar-refractivity contribution in [3.63, 3.8) is 0 Å². The van der Waals surface area contributed by atoms with Crippen molar-refractivity contribution in [2.24, 2.45) is 5.16 Å². The van der Waals surface area contributed by atoms with Crippen LogP contribution < -0.4 is 5.32 Å². The monoisotopic (exact) mass is 300 g/mol. The number of carbonyl (C=O) groups excluding carboxylic acids is 1. The maximum Gasteiger partial charge on any atom is 0.265 e. The number of benzene rings is 2. The zero-order chi connectivity index (χ0) is 15.9. The van der Waals surface area contributed by atoms with E-state index < -0.39 is 5.82 Å². The van der Waals surface area contributed by atoms with Gasteiger partial charge in [-0.2, -0.15) is 0 Å². The number of hydrogen-bond acceptors (Lipinski definition) is 3. The molecule has 1 N–H and O–H groups in total. The molecule has 0 unspecified atom stereocenters. The van der Waals surface area contributed by atoms with E-state index in [1.807, 2.05) is 32.0 Å². The van der Waals surface area contributed by atoms with Crippen LogP contribution in [0.15, 0.2) is 47.6 Å². The minimum atomic E-state index is -0.394. The first kappa shape index (κ1) is 15.7. The zero-order valence-corrected chi connectivity index (χ0v) is 12.5. The lowest BCUT2D eigenvalue weighted by molar-refractivity contribution is -0.120. The molecule has 0 saturated carbocycles. The molecule has 0 aromatic heterocycles. The molecule has 0 heterocycles. The van der Waals surface area contributed by atoms with Crippen molar-refractivity contribution < 1.29 is 14.0 Å². The number of aryl methyl sites for hydroxylation is 2. The SMILES string of the molecule is Cc1ccc(NC(=O)CO/N=C\c2ccccc2F)c(C)c1. The number of oxime groups is 1. The van der Waals surface area contributed by atoms with E-state index in [4.69, 9.17) is 4.84 Å². The second-order valence-electron chi connectivity index (χ2n) is 4.90. The highest BCUT2D eigenvalue weighted by Gasteiger charge is 2.05. The average molecular weight is 300 g/mol. The van der Waals surface area contributed by atoms with Crippen molar-refractivity contribution in [3.05, 3.63) is 65.0 Å². The van der Waals surface area contributed by atoms with Gasteiger partial charge in [-0.1, -0.05) is 41.1 Å². The molecule has 0 saturated heterocycles. The third-order valence-electron chi connectivity index (χ3n) is 3.02. The lowest BCUT2D eigenvalue weighted by atomic mass is 10.1. The van der Waals surface area contributed by atoms with Crippen LogP contribution in [0.3, 0.4) is 0 Å². The number of anilines is 1. The molecule has 0 aliphatic heterocycles. The standard InChI is InChI=1S/C17H17FN2O2/c1-12-7-8-16(13(2)9-12)20-17(21)11-22-19-10-14-5-3-4-6-15(14)18/h3-10H,11H2,1-2H3,(H,20,21)/b19-10-. The van der Waals surface area contributed by atoms with E-state index in [9.17, 15) is 9.18 Å². The third kappa shape index (κ3) is 4.41. The first-order valence-corrected chi connectivity index (χ1v) is 6.83. The molecule has 0 fully saturated rings. The Hall–Kier alpha value is -2.69. The molecule has 0 radical (unpaired) electrons. The Kier molecular flexibility index (Phi) is 5.25. The molecule has 0 aliphatic rings. The molecule has 2 rings (SSSR count). The number of nitrogens with one attached hydrogen (secondary N) is 1. The summed E-state index contributed by atoms with van der Waals surface area (Å²) in [4.78, 5) is 16.6. The smallest absolute Gasteiger partial charge is 0.265 e. The number of halogens is 1. The molecule has 2 aromatic carbocycles. The molecular formula is C17H17FN2O2. The summed E-state index contributed by atoms with van der Waals surface area (Å²) in [5, 5.41) is 6.33. The largest absolute Gasteiger partial charge is 0.386 e. The van der Waals surface area contributed by atoms with Gasteiger partial charge < -0.3 is 10.2 Å². The highest BCUT2D eigenvalue weighted by atomic mass is 19.1. The van der Waals surface area contributed by atoms with Crippen LogP contribution >= 0.6 is 0 Å². The predicted molar refractivity (Wildman–Crippen MR) is 84.5 cm³/mol. The van der Waals surface area contributed by atoms with Gasteiger partial charge >= 0.3 is 0 Å². The summed E-state index contributed by atoms with van der Waals surface area (Å²) in [6.45, 7) is 3.66. The first-order valence-electron chi connectivity index (χ1n) is 6.83. The fourth-order valence-corrected chi connectivity index (χ4v) is 1.91. The maximum absolute atomic E-state index is 13.3. The Labute approximate surface area is 128 Å². The van der Waals surface area contributed by atoms with E-state index in [1.54, 1.807) is 18.2 Å². The third-order valence-corrected chi connectivity index (χ3v) is 3.02. The van der Waals surface area contributed by atoms with E-state index >= 15 is 0 Å². The summed E-state index contributed by atoms with van der Waals surface area (Å²) >= 11 is 0. The Balaban J connectivity index is 1.84. The zero-order valence-electron chi connectivity index (χ0n) is 12.5. The molecule has 2 aromatic rings. The lowest BCUT2D eigenvalue weighted by Crippen LogP contribution is -2.17. The molecule has 0 aliphatic carbocycles. The molecule has 1 amide bonds. The number of rotatable bonds is 5. The Bertz CT molecular complexity index is 699. The molecule has 0 atom stereocenters. The van der Waals surface area contributed by atoms with E-state index in [0.29, 0.717) is 5.56 Å². The van der Waals surface area contributed by atoms with Gasteiger partial charge in [0.15, 0.2) is 6.61 Å². The van der Waals surface area contributed by atoms with Crippen LogP contribution in [0.1, 0.15) is 16.7 Å². The van der Waals surface area contributed by atoms with E-state index in [0.717, 1.165) is 16.8 Å². The summed E-state index contributed by atoms with van der Waals surface area (Å²) in [6, 6.07) is 11.9. The van der Waals surface area contributed by atoms with Gasteiger partial charge in [-0.15, -0.1) is 0 Å². The van der Waals surface area contributed by atoms with Crippen molar-refractivity contribution in [2.75, 3.05) is 11.9 Å². The van der Waals surface area contributed by atoms with Crippen molar-refractivity contribution in [2.45, 2.75) is 13.8 Å². The fraction of sp³-hybridized carbons (Fsp3) is 0.176. The molecule has 4 nitrogen and oxygen atoms in total. The second-order valence-corrected chi connectivity index (χ2v) is 4.90. The number of hydrogen-bond donors (Lipinski definition) is 1. The van der Waals surface area contributed by atoms with E-state index in [1.165, 1.54) is 12.3 Å². The second kappa shape index (κ2) is 7.36. The first-order chi connectivity index (χ1) is 10.6. The highest BCUT2D eigenvalue weighted by Crippen LogP contribution is 2.15. The van der Waals surface area contributed by atoms with Crippen LogP contribution in [-0.4, -0.2) is 18.7 Å². The van der Waals surface area contributed by atoms with Gasteiger partial charge in [0, 0.05) is 11.3 Å². The van der Waals surface area contributed by atoms with Crippen LogP contribution in [0.2, 0.25) is 0 Å². The minimum Gasteiger partial charge on any atom is -0.386 e. The number of carbonyl (C=O) groups is 1. The molecule has 22 heavy (non-hydrogen) atoms.